The molecule has 3 aliphatic heterocycles. The van der Waals surface area contributed by atoms with Crippen LogP contribution in [0.5, 0.6) is 0 Å². The second kappa shape index (κ2) is 52.2. The molecule has 0 bridgehead atoms. The molecule has 19 heteroatoms. The van der Waals surface area contributed by atoms with E-state index >= 15 is 0 Å². The molecule has 17 atom stereocenters. The van der Waals surface area contributed by atoms with Crippen molar-refractivity contribution in [3.05, 3.63) is 134 Å². The quantitative estimate of drug-likeness (QED) is 0.0200. The first-order valence-corrected chi connectivity index (χ1v) is 33.9. The lowest BCUT2D eigenvalue weighted by atomic mass is 9.96. The molecule has 12 N–H and O–H groups in total. The topological polar surface area (TPSA) is 307 Å². The number of aliphatic hydroxyl groups is 11. The Morgan fingerprint density at radius 2 is 0.758 bits per heavy atom. The van der Waals surface area contributed by atoms with Crippen LogP contribution in [0.15, 0.2) is 134 Å². The Morgan fingerprint density at radius 1 is 0.407 bits per heavy atom. The highest BCUT2D eigenvalue weighted by Crippen LogP contribution is 2.33. The zero-order chi connectivity index (χ0) is 66.1. The van der Waals surface area contributed by atoms with Crippen molar-refractivity contribution < 1.29 is 89.4 Å². The summed E-state index contributed by atoms with van der Waals surface area (Å²) in [6.07, 6.45) is 45.9. The highest BCUT2D eigenvalue weighted by Gasteiger charge is 2.53. The van der Waals surface area contributed by atoms with Gasteiger partial charge >= 0.3 is 0 Å². The van der Waals surface area contributed by atoms with Crippen molar-refractivity contribution in [1.29, 1.82) is 0 Å². The summed E-state index contributed by atoms with van der Waals surface area (Å²) in [7, 11) is 0. The van der Waals surface area contributed by atoms with Gasteiger partial charge in [-0.3, -0.25) is 4.79 Å². The second-order valence-electron chi connectivity index (χ2n) is 23.6. The SMILES string of the molecule is CC/C=C\C/C=C\C/C=C\C/C=C\C/C=C\C/C=C\C/C=C\C/C=C\C/C=C\C/C=C\C/C=C\CCCCCCCC(=O)NC(COC1OC(CO)C(OC2OC(CO)C(OC3OC(CO)C(O)C(O)C3O)C(O)C2O)C(O)C1O)C(O)CCCCCCCCC. The molecule has 3 saturated heterocycles. The molecule has 3 aliphatic rings. The third kappa shape index (κ3) is 34.3. The molecule has 1 amide bonds. The van der Waals surface area contributed by atoms with E-state index in [0.717, 1.165) is 135 Å². The molecule has 0 aromatic heterocycles. The van der Waals surface area contributed by atoms with Gasteiger partial charge in [-0.05, 0) is 96.3 Å². The number of hydrogen-bond donors (Lipinski definition) is 12. The third-order valence-electron chi connectivity index (χ3n) is 16.0. The number of rotatable bonds is 49. The standard InChI is InChI=1S/C72H117NO18/c1-3-5-7-9-11-12-13-14-15-16-17-18-19-20-21-22-23-24-25-26-27-28-29-30-31-32-33-34-35-36-37-38-39-40-41-42-44-46-48-50-60(78)73-55(56(77)49-47-45-43-10-8-6-4-2)54-86-70-66(84)63(81)68(58(52-75)88-70)91-72-67(85)64(82)69(59(53-76)89-72)90-71-65(83)62(80)61(79)57(51-74)87-71/h5,7,11-12,14-15,17-18,20-21,23-24,26-27,29-30,32-33,35-36,38-39,55-59,61-72,74-77,79-85H,3-4,6,8-10,13,16,19,22,25,28,31,34,37,40-54H2,1-2H3,(H,73,78)/b7-5-,12-11-,15-14-,18-17-,21-20-,24-23-,27-26-,30-29-,33-32-,36-35-,39-38-. The fourth-order valence-electron chi connectivity index (χ4n) is 10.5. The van der Waals surface area contributed by atoms with Crippen LogP contribution in [0.2, 0.25) is 0 Å². The predicted molar refractivity (Wildman–Crippen MR) is 355 cm³/mol. The molecular formula is C72H117NO18. The molecule has 19 nitrogen and oxygen atoms in total. The van der Waals surface area contributed by atoms with Crippen LogP contribution in [0.1, 0.15) is 181 Å². The van der Waals surface area contributed by atoms with Crippen molar-refractivity contribution in [2.45, 2.75) is 285 Å². The van der Waals surface area contributed by atoms with Gasteiger partial charge in [0.25, 0.3) is 0 Å². The largest absolute Gasteiger partial charge is 0.394 e. The minimum Gasteiger partial charge on any atom is -0.394 e. The van der Waals surface area contributed by atoms with E-state index in [4.69, 9.17) is 28.4 Å². The summed E-state index contributed by atoms with van der Waals surface area (Å²) in [6.45, 7) is 1.56. The smallest absolute Gasteiger partial charge is 0.220 e. The Labute approximate surface area is 543 Å². The molecule has 3 fully saturated rings. The van der Waals surface area contributed by atoms with E-state index < -0.39 is 124 Å². The molecule has 0 aromatic carbocycles. The van der Waals surface area contributed by atoms with E-state index in [-0.39, 0.29) is 18.9 Å². The number of carbonyl (C=O) groups is 1. The highest BCUT2D eigenvalue weighted by atomic mass is 16.8. The molecule has 3 heterocycles. The van der Waals surface area contributed by atoms with Crippen LogP contribution >= 0.6 is 0 Å². The minimum absolute atomic E-state index is 0.234. The van der Waals surface area contributed by atoms with Gasteiger partial charge in [0.2, 0.25) is 5.91 Å². The molecule has 0 spiro atoms. The van der Waals surface area contributed by atoms with E-state index in [2.05, 4.69) is 153 Å². The summed E-state index contributed by atoms with van der Waals surface area (Å²) < 4.78 is 34.2. The van der Waals surface area contributed by atoms with Crippen LogP contribution in [0, 0.1) is 0 Å². The zero-order valence-electron chi connectivity index (χ0n) is 54.5. The summed E-state index contributed by atoms with van der Waals surface area (Å²) in [5, 5.41) is 120. The maximum atomic E-state index is 13.3. The Bertz CT molecular complexity index is 2170. The molecule has 0 radical (unpaired) electrons. The Kier molecular flexibility index (Phi) is 46.6. The van der Waals surface area contributed by atoms with Gasteiger partial charge < -0.3 is 89.9 Å². The molecular weight excluding hydrogens is 1170 g/mol. The van der Waals surface area contributed by atoms with Gasteiger partial charge in [-0.1, -0.05) is 212 Å². The van der Waals surface area contributed by atoms with Crippen molar-refractivity contribution >= 4 is 5.91 Å². The normalized spacial score (nSPS) is 28.7. The first-order chi connectivity index (χ1) is 44.3. The second-order valence-corrected chi connectivity index (χ2v) is 23.6. The summed E-state index contributed by atoms with van der Waals surface area (Å²) in [5.74, 6) is -0.273. The van der Waals surface area contributed by atoms with E-state index in [1.807, 2.05) is 0 Å². The van der Waals surface area contributed by atoms with Gasteiger partial charge in [0, 0.05) is 6.42 Å². The number of nitrogens with one attached hydrogen (secondary N) is 1. The van der Waals surface area contributed by atoms with Gasteiger partial charge in [-0.15, -0.1) is 0 Å². The van der Waals surface area contributed by atoms with E-state index in [1.165, 1.54) is 6.42 Å². The molecule has 91 heavy (non-hydrogen) atoms. The van der Waals surface area contributed by atoms with Gasteiger partial charge in [0.05, 0.1) is 38.6 Å². The van der Waals surface area contributed by atoms with Crippen LogP contribution in [0.25, 0.3) is 0 Å². The predicted octanol–water partition coefficient (Wildman–Crippen LogP) is 8.60. The van der Waals surface area contributed by atoms with Crippen molar-refractivity contribution in [2.24, 2.45) is 0 Å². The molecule has 0 aromatic rings. The Hall–Kier alpha value is -4.07. The van der Waals surface area contributed by atoms with Gasteiger partial charge in [-0.25, -0.2) is 0 Å². The monoisotopic (exact) mass is 1280 g/mol. The van der Waals surface area contributed by atoms with E-state index in [0.29, 0.717) is 19.3 Å². The number of aliphatic hydroxyl groups excluding tert-OH is 11. The lowest BCUT2D eigenvalue weighted by Crippen LogP contribution is -2.66. The number of carbonyl (C=O) groups excluding carboxylic acids is 1. The Balaban J connectivity index is 1.31. The van der Waals surface area contributed by atoms with Gasteiger partial charge in [0.15, 0.2) is 18.9 Å². The minimum atomic E-state index is -1.98. The summed E-state index contributed by atoms with van der Waals surface area (Å²) in [4.78, 5) is 13.3. The molecule has 518 valence electrons. The number of unbranched alkanes of at least 4 members (excludes halogenated alkanes) is 11. The van der Waals surface area contributed by atoms with E-state index in [1.54, 1.807) is 0 Å². The number of amides is 1. The fourth-order valence-corrected chi connectivity index (χ4v) is 10.5. The molecule has 17 unspecified atom stereocenters. The summed E-state index contributed by atoms with van der Waals surface area (Å²) in [6, 6.07) is -0.905. The third-order valence-corrected chi connectivity index (χ3v) is 16.0. The average Bonchev–Trinajstić information content (AvgIpc) is 1.40. The van der Waals surface area contributed by atoms with Gasteiger partial charge in [0.1, 0.15) is 73.2 Å². The molecule has 0 aliphatic carbocycles. The molecule has 0 saturated carbocycles. The van der Waals surface area contributed by atoms with Crippen molar-refractivity contribution in [2.75, 3.05) is 26.4 Å². The average molecular weight is 1280 g/mol. The maximum absolute atomic E-state index is 13.3. The summed E-state index contributed by atoms with van der Waals surface area (Å²) in [5.41, 5.74) is 0. The number of hydrogen-bond acceptors (Lipinski definition) is 18. The van der Waals surface area contributed by atoms with Crippen molar-refractivity contribution in [3.63, 3.8) is 0 Å². The van der Waals surface area contributed by atoms with E-state index in [9.17, 15) is 61.0 Å². The van der Waals surface area contributed by atoms with Crippen molar-refractivity contribution in [1.82, 2.24) is 5.32 Å². The van der Waals surface area contributed by atoms with Crippen LogP contribution in [0.3, 0.4) is 0 Å². The fraction of sp³-hybridized carbons (Fsp3) is 0.681. The number of allylic oxidation sites excluding steroid dienone is 22. The summed E-state index contributed by atoms with van der Waals surface area (Å²) >= 11 is 0. The maximum Gasteiger partial charge on any atom is 0.220 e. The first kappa shape index (κ1) is 81.2. The lowest BCUT2D eigenvalue weighted by molar-refractivity contribution is -0.379. The van der Waals surface area contributed by atoms with Gasteiger partial charge in [-0.2, -0.15) is 0 Å². The highest BCUT2D eigenvalue weighted by molar-refractivity contribution is 5.76. The first-order valence-electron chi connectivity index (χ1n) is 33.9. The number of ether oxygens (including phenoxy) is 6. The van der Waals surface area contributed by atoms with Crippen LogP contribution < -0.4 is 5.32 Å². The van der Waals surface area contributed by atoms with Crippen LogP contribution in [-0.4, -0.2) is 193 Å². The van der Waals surface area contributed by atoms with Crippen LogP contribution in [-0.2, 0) is 33.2 Å². The van der Waals surface area contributed by atoms with Crippen LogP contribution in [0.4, 0.5) is 0 Å². The zero-order valence-corrected chi connectivity index (χ0v) is 54.5. The van der Waals surface area contributed by atoms with Crippen molar-refractivity contribution in [3.8, 4) is 0 Å². The lowest BCUT2D eigenvalue weighted by Gasteiger charge is -2.48. The Morgan fingerprint density at radius 3 is 1.19 bits per heavy atom. The molecule has 3 rings (SSSR count).